The SMILES string of the molecule is Cc1cccc(-c2noc([C@@H]3CC(=O)N(c4ccccc4)C3)n2)c1. The average molecular weight is 319 g/mol. The number of carbonyl (C=O) groups excluding carboxylic acids is 1. The molecule has 0 bridgehead atoms. The second-order valence-corrected chi connectivity index (χ2v) is 6.07. The predicted octanol–water partition coefficient (Wildman–Crippen LogP) is 3.57. The fourth-order valence-corrected chi connectivity index (χ4v) is 3.03. The number of nitrogens with zero attached hydrogens (tertiary/aromatic N) is 3. The molecule has 3 aromatic rings. The Hall–Kier alpha value is -2.95. The lowest BCUT2D eigenvalue weighted by atomic mass is 10.1. The van der Waals surface area contributed by atoms with Crippen LogP contribution in [0.25, 0.3) is 11.4 Å². The lowest BCUT2D eigenvalue weighted by Gasteiger charge is -2.15. The van der Waals surface area contributed by atoms with E-state index in [0.29, 0.717) is 24.7 Å². The molecule has 2 aromatic carbocycles. The van der Waals surface area contributed by atoms with Gasteiger partial charge in [0.15, 0.2) is 0 Å². The standard InChI is InChI=1S/C19H17N3O2/c1-13-6-5-7-14(10-13)18-20-19(24-21-18)15-11-17(23)22(12-15)16-8-3-2-4-9-16/h2-10,15H,11-12H2,1H3/t15-/m1/s1. The molecule has 1 amide bonds. The summed E-state index contributed by atoms with van der Waals surface area (Å²) in [6, 6.07) is 17.6. The van der Waals surface area contributed by atoms with Crippen molar-refractivity contribution in [1.29, 1.82) is 0 Å². The highest BCUT2D eigenvalue weighted by Crippen LogP contribution is 2.31. The van der Waals surface area contributed by atoms with Gasteiger partial charge in [0.25, 0.3) is 0 Å². The van der Waals surface area contributed by atoms with Crippen LogP contribution < -0.4 is 4.90 Å². The monoisotopic (exact) mass is 319 g/mol. The first kappa shape index (κ1) is 14.6. The summed E-state index contributed by atoms with van der Waals surface area (Å²) in [7, 11) is 0. The minimum Gasteiger partial charge on any atom is -0.339 e. The van der Waals surface area contributed by atoms with Gasteiger partial charge in [0.2, 0.25) is 17.6 Å². The molecule has 0 radical (unpaired) electrons. The first-order valence-corrected chi connectivity index (χ1v) is 7.97. The smallest absolute Gasteiger partial charge is 0.232 e. The van der Waals surface area contributed by atoms with E-state index in [1.807, 2.05) is 61.5 Å². The van der Waals surface area contributed by atoms with Crippen molar-refractivity contribution in [1.82, 2.24) is 10.1 Å². The molecule has 0 spiro atoms. The number of benzene rings is 2. The van der Waals surface area contributed by atoms with E-state index in [2.05, 4.69) is 10.1 Å². The summed E-state index contributed by atoms with van der Waals surface area (Å²) in [6.45, 7) is 2.59. The highest BCUT2D eigenvalue weighted by molar-refractivity contribution is 5.96. The van der Waals surface area contributed by atoms with Crippen molar-refractivity contribution in [2.45, 2.75) is 19.3 Å². The zero-order valence-corrected chi connectivity index (χ0v) is 13.3. The second-order valence-electron chi connectivity index (χ2n) is 6.07. The molecule has 5 heteroatoms. The lowest BCUT2D eigenvalue weighted by molar-refractivity contribution is -0.117. The molecule has 2 heterocycles. The summed E-state index contributed by atoms with van der Waals surface area (Å²) >= 11 is 0. The maximum atomic E-state index is 12.3. The minimum atomic E-state index is -0.0660. The quantitative estimate of drug-likeness (QED) is 0.740. The number of carbonyl (C=O) groups is 1. The van der Waals surface area contributed by atoms with Crippen molar-refractivity contribution >= 4 is 11.6 Å². The van der Waals surface area contributed by atoms with E-state index in [9.17, 15) is 4.79 Å². The van der Waals surface area contributed by atoms with Crippen LogP contribution in [0.1, 0.15) is 23.8 Å². The van der Waals surface area contributed by atoms with Crippen molar-refractivity contribution in [2.24, 2.45) is 0 Å². The number of hydrogen-bond donors (Lipinski definition) is 0. The maximum absolute atomic E-state index is 12.3. The summed E-state index contributed by atoms with van der Waals surface area (Å²) in [5, 5.41) is 4.08. The molecule has 120 valence electrons. The number of para-hydroxylation sites is 1. The molecular formula is C19H17N3O2. The van der Waals surface area contributed by atoms with E-state index >= 15 is 0 Å². The first-order valence-electron chi connectivity index (χ1n) is 7.97. The number of rotatable bonds is 3. The summed E-state index contributed by atoms with van der Waals surface area (Å²) in [5.74, 6) is 1.11. The van der Waals surface area contributed by atoms with Gasteiger partial charge in [0, 0.05) is 24.2 Å². The molecule has 0 aliphatic carbocycles. The number of anilines is 1. The van der Waals surface area contributed by atoms with Crippen LogP contribution in [-0.2, 0) is 4.79 Å². The topological polar surface area (TPSA) is 59.2 Å². The molecule has 1 saturated heterocycles. The van der Waals surface area contributed by atoms with Gasteiger partial charge in [0.1, 0.15) is 0 Å². The average Bonchev–Trinajstić information content (AvgIpc) is 3.22. The van der Waals surface area contributed by atoms with Gasteiger partial charge in [-0.05, 0) is 25.1 Å². The van der Waals surface area contributed by atoms with E-state index in [1.54, 1.807) is 4.90 Å². The zero-order chi connectivity index (χ0) is 16.5. The van der Waals surface area contributed by atoms with Crippen molar-refractivity contribution in [3.05, 3.63) is 66.1 Å². The molecule has 0 unspecified atom stereocenters. The van der Waals surface area contributed by atoms with Crippen molar-refractivity contribution in [2.75, 3.05) is 11.4 Å². The van der Waals surface area contributed by atoms with Gasteiger partial charge in [-0.2, -0.15) is 4.98 Å². The van der Waals surface area contributed by atoms with Crippen LogP contribution in [0.2, 0.25) is 0 Å². The Balaban J connectivity index is 1.57. The number of amides is 1. The van der Waals surface area contributed by atoms with E-state index in [0.717, 1.165) is 16.8 Å². The van der Waals surface area contributed by atoms with E-state index in [-0.39, 0.29) is 11.8 Å². The fraction of sp³-hybridized carbons (Fsp3) is 0.211. The minimum absolute atomic E-state index is 0.0660. The van der Waals surface area contributed by atoms with Gasteiger partial charge < -0.3 is 9.42 Å². The molecule has 1 aliphatic heterocycles. The van der Waals surface area contributed by atoms with Crippen LogP contribution in [0.5, 0.6) is 0 Å². The molecular weight excluding hydrogens is 302 g/mol. The Morgan fingerprint density at radius 3 is 2.75 bits per heavy atom. The largest absolute Gasteiger partial charge is 0.339 e. The molecule has 24 heavy (non-hydrogen) atoms. The highest BCUT2D eigenvalue weighted by atomic mass is 16.5. The third kappa shape index (κ3) is 2.69. The Morgan fingerprint density at radius 2 is 1.96 bits per heavy atom. The van der Waals surface area contributed by atoms with E-state index < -0.39 is 0 Å². The van der Waals surface area contributed by atoms with Gasteiger partial charge in [-0.3, -0.25) is 4.79 Å². The summed E-state index contributed by atoms with van der Waals surface area (Å²) in [5.41, 5.74) is 2.97. The van der Waals surface area contributed by atoms with Crippen molar-refractivity contribution in [3.63, 3.8) is 0 Å². The number of aryl methyl sites for hydroxylation is 1. The number of hydrogen-bond acceptors (Lipinski definition) is 4. The molecule has 4 rings (SSSR count). The summed E-state index contributed by atoms with van der Waals surface area (Å²) in [4.78, 5) is 18.6. The van der Waals surface area contributed by atoms with Crippen LogP contribution in [0.4, 0.5) is 5.69 Å². The Morgan fingerprint density at radius 1 is 1.12 bits per heavy atom. The molecule has 0 saturated carbocycles. The van der Waals surface area contributed by atoms with Crippen molar-refractivity contribution < 1.29 is 9.32 Å². The first-order chi connectivity index (χ1) is 11.7. The Bertz CT molecular complexity index is 873. The van der Waals surface area contributed by atoms with Crippen LogP contribution in [0.15, 0.2) is 59.1 Å². The molecule has 1 atom stereocenters. The van der Waals surface area contributed by atoms with Gasteiger partial charge in [-0.25, -0.2) is 0 Å². The second kappa shape index (κ2) is 5.92. The molecule has 0 N–H and O–H groups in total. The number of aromatic nitrogens is 2. The Labute approximate surface area is 139 Å². The van der Waals surface area contributed by atoms with Gasteiger partial charge in [-0.15, -0.1) is 0 Å². The van der Waals surface area contributed by atoms with E-state index in [1.165, 1.54) is 0 Å². The molecule has 5 nitrogen and oxygen atoms in total. The molecule has 1 aromatic heterocycles. The fourth-order valence-electron chi connectivity index (χ4n) is 3.03. The van der Waals surface area contributed by atoms with Crippen LogP contribution in [0.3, 0.4) is 0 Å². The highest BCUT2D eigenvalue weighted by Gasteiger charge is 2.35. The van der Waals surface area contributed by atoms with Gasteiger partial charge >= 0.3 is 0 Å². The maximum Gasteiger partial charge on any atom is 0.232 e. The third-order valence-electron chi connectivity index (χ3n) is 4.26. The van der Waals surface area contributed by atoms with Gasteiger partial charge in [0.05, 0.1) is 5.92 Å². The van der Waals surface area contributed by atoms with Crippen LogP contribution >= 0.6 is 0 Å². The Kier molecular flexibility index (Phi) is 3.61. The zero-order valence-electron chi connectivity index (χ0n) is 13.3. The van der Waals surface area contributed by atoms with Crippen LogP contribution in [-0.4, -0.2) is 22.6 Å². The summed E-state index contributed by atoms with van der Waals surface area (Å²) < 4.78 is 5.44. The lowest BCUT2D eigenvalue weighted by Crippen LogP contribution is -2.24. The van der Waals surface area contributed by atoms with Gasteiger partial charge in [-0.1, -0.05) is 47.1 Å². The predicted molar refractivity (Wildman–Crippen MR) is 90.6 cm³/mol. The summed E-state index contributed by atoms with van der Waals surface area (Å²) in [6.07, 6.45) is 0.393. The third-order valence-corrected chi connectivity index (χ3v) is 4.26. The molecule has 1 fully saturated rings. The van der Waals surface area contributed by atoms with E-state index in [4.69, 9.17) is 4.52 Å². The van der Waals surface area contributed by atoms with Crippen molar-refractivity contribution in [3.8, 4) is 11.4 Å². The molecule has 1 aliphatic rings. The normalized spacial score (nSPS) is 17.5. The van der Waals surface area contributed by atoms with Crippen LogP contribution in [0, 0.1) is 6.92 Å².